The van der Waals surface area contributed by atoms with Crippen molar-refractivity contribution in [2.24, 2.45) is 0 Å². The molecule has 0 saturated heterocycles. The lowest BCUT2D eigenvalue weighted by atomic mass is 10.1. The van der Waals surface area contributed by atoms with Crippen LogP contribution in [-0.4, -0.2) is 21.1 Å². The summed E-state index contributed by atoms with van der Waals surface area (Å²) < 4.78 is 31.5. The van der Waals surface area contributed by atoms with Crippen LogP contribution in [0.25, 0.3) is 0 Å². The summed E-state index contributed by atoms with van der Waals surface area (Å²) in [6.45, 7) is 5.32. The van der Waals surface area contributed by atoms with Gasteiger partial charge in [-0.25, -0.2) is 13.1 Å². The molecule has 0 aliphatic heterocycles. The molecule has 96 valence electrons. The number of halogens is 1. The molecule has 0 amide bonds. The number of sulfonamides is 1. The Morgan fingerprint density at radius 3 is 2.29 bits per heavy atom. The molecule has 0 unspecified atom stereocenters. The van der Waals surface area contributed by atoms with Gasteiger partial charge in [-0.05, 0) is 39.0 Å². The number of hydrogen-bond donors (Lipinski definition) is 1. The summed E-state index contributed by atoms with van der Waals surface area (Å²) >= 11 is 5.89. The third-order valence-electron chi connectivity index (χ3n) is 1.87. The van der Waals surface area contributed by atoms with Gasteiger partial charge in [-0.2, -0.15) is 0 Å². The first-order chi connectivity index (χ1) is 7.65. The van der Waals surface area contributed by atoms with Crippen LogP contribution < -0.4 is 9.46 Å². The molecule has 0 radical (unpaired) electrons. The summed E-state index contributed by atoms with van der Waals surface area (Å²) in [6.07, 6.45) is 0. The number of hydrogen-bond acceptors (Lipinski definition) is 3. The molecule has 0 saturated carbocycles. The highest BCUT2D eigenvalue weighted by molar-refractivity contribution is 7.89. The van der Waals surface area contributed by atoms with E-state index < -0.39 is 15.6 Å². The van der Waals surface area contributed by atoms with Gasteiger partial charge in [-0.1, -0.05) is 11.6 Å². The van der Waals surface area contributed by atoms with Gasteiger partial charge in [0.15, 0.2) is 0 Å². The van der Waals surface area contributed by atoms with E-state index in [0.29, 0.717) is 5.75 Å². The predicted molar refractivity (Wildman–Crippen MR) is 68.1 cm³/mol. The lowest BCUT2D eigenvalue weighted by Gasteiger charge is -2.20. The summed E-state index contributed by atoms with van der Waals surface area (Å²) in [7, 11) is -2.08. The van der Waals surface area contributed by atoms with Gasteiger partial charge in [0.1, 0.15) is 5.75 Å². The first kappa shape index (κ1) is 14.3. The van der Waals surface area contributed by atoms with Crippen molar-refractivity contribution in [3.8, 4) is 5.75 Å². The first-order valence-corrected chi connectivity index (χ1v) is 6.89. The van der Waals surface area contributed by atoms with Gasteiger partial charge in [0.2, 0.25) is 10.0 Å². The summed E-state index contributed by atoms with van der Waals surface area (Å²) in [5.41, 5.74) is -0.536. The van der Waals surface area contributed by atoms with E-state index in [9.17, 15) is 8.42 Å². The second-order valence-electron chi connectivity index (χ2n) is 4.65. The number of methoxy groups -OCH3 is 1. The van der Waals surface area contributed by atoms with E-state index in [0.717, 1.165) is 0 Å². The van der Waals surface area contributed by atoms with Crippen LogP contribution in [-0.2, 0) is 10.0 Å². The topological polar surface area (TPSA) is 55.4 Å². The highest BCUT2D eigenvalue weighted by atomic mass is 35.5. The standard InChI is InChI=1S/C11H16ClNO3S/c1-11(2,3)13-17(14,15)8-5-6-10(16-4)9(12)7-8/h5-7,13H,1-4H3. The molecule has 1 rings (SSSR count). The minimum Gasteiger partial charge on any atom is -0.495 e. The Kier molecular flexibility index (Phi) is 4.06. The van der Waals surface area contributed by atoms with Gasteiger partial charge >= 0.3 is 0 Å². The Morgan fingerprint density at radius 1 is 1.29 bits per heavy atom. The molecule has 0 aliphatic rings. The van der Waals surface area contributed by atoms with Crippen LogP contribution in [0, 0.1) is 0 Å². The minimum absolute atomic E-state index is 0.123. The maximum Gasteiger partial charge on any atom is 0.241 e. The zero-order valence-corrected chi connectivity index (χ0v) is 11.8. The molecular weight excluding hydrogens is 262 g/mol. The van der Waals surface area contributed by atoms with Crippen LogP contribution >= 0.6 is 11.6 Å². The molecule has 6 heteroatoms. The minimum atomic E-state index is -3.56. The maximum atomic E-state index is 12.0. The first-order valence-electron chi connectivity index (χ1n) is 5.03. The summed E-state index contributed by atoms with van der Waals surface area (Å²) in [4.78, 5) is 0.123. The number of benzene rings is 1. The zero-order valence-electron chi connectivity index (χ0n) is 10.2. The lowest BCUT2D eigenvalue weighted by Crippen LogP contribution is -2.40. The number of rotatable bonds is 3. The third-order valence-corrected chi connectivity index (χ3v) is 3.93. The fourth-order valence-corrected chi connectivity index (χ4v) is 3.04. The van der Waals surface area contributed by atoms with Crippen LogP contribution in [0.3, 0.4) is 0 Å². The van der Waals surface area contributed by atoms with E-state index in [4.69, 9.17) is 16.3 Å². The van der Waals surface area contributed by atoms with E-state index in [-0.39, 0.29) is 9.92 Å². The lowest BCUT2D eigenvalue weighted by molar-refractivity contribution is 0.414. The van der Waals surface area contributed by atoms with E-state index in [1.807, 2.05) is 0 Å². The molecule has 1 aromatic carbocycles. The Balaban J connectivity index is 3.13. The second-order valence-corrected chi connectivity index (χ2v) is 6.74. The predicted octanol–water partition coefficient (Wildman–Crippen LogP) is 2.43. The van der Waals surface area contributed by atoms with E-state index in [1.54, 1.807) is 20.8 Å². The third kappa shape index (κ3) is 3.87. The highest BCUT2D eigenvalue weighted by Gasteiger charge is 2.22. The molecule has 0 fully saturated rings. The van der Waals surface area contributed by atoms with E-state index in [2.05, 4.69) is 4.72 Å². The Hall–Kier alpha value is -0.780. The molecule has 1 N–H and O–H groups in total. The van der Waals surface area contributed by atoms with Crippen molar-refractivity contribution in [3.05, 3.63) is 23.2 Å². The summed E-state index contributed by atoms with van der Waals surface area (Å²) in [5.74, 6) is 0.446. The van der Waals surface area contributed by atoms with Crippen molar-refractivity contribution in [2.45, 2.75) is 31.2 Å². The average Bonchev–Trinajstić information content (AvgIpc) is 2.13. The van der Waals surface area contributed by atoms with E-state index in [1.165, 1.54) is 25.3 Å². The molecule has 0 heterocycles. The maximum absolute atomic E-state index is 12.0. The Labute approximate surface area is 107 Å². The largest absolute Gasteiger partial charge is 0.495 e. The van der Waals surface area contributed by atoms with Gasteiger partial charge in [-0.15, -0.1) is 0 Å². The normalized spacial score (nSPS) is 12.5. The van der Waals surface area contributed by atoms with Crippen molar-refractivity contribution < 1.29 is 13.2 Å². The van der Waals surface area contributed by atoms with E-state index >= 15 is 0 Å². The molecule has 0 atom stereocenters. The average molecular weight is 278 g/mol. The van der Waals surface area contributed by atoms with Crippen molar-refractivity contribution in [1.29, 1.82) is 0 Å². The SMILES string of the molecule is COc1ccc(S(=O)(=O)NC(C)(C)C)cc1Cl. The van der Waals surface area contributed by atoms with Crippen LogP contribution in [0.15, 0.2) is 23.1 Å². The fourth-order valence-electron chi connectivity index (χ4n) is 1.28. The Bertz CT molecular complexity index is 506. The highest BCUT2D eigenvalue weighted by Crippen LogP contribution is 2.27. The molecule has 1 aromatic rings. The summed E-state index contributed by atoms with van der Waals surface area (Å²) in [5, 5.41) is 0.268. The van der Waals surface area contributed by atoms with Gasteiger partial charge < -0.3 is 4.74 Å². The van der Waals surface area contributed by atoms with Crippen molar-refractivity contribution in [1.82, 2.24) is 4.72 Å². The molecule has 0 spiro atoms. The molecular formula is C11H16ClNO3S. The zero-order chi connectivity index (χ0) is 13.3. The molecule has 0 bridgehead atoms. The van der Waals surface area contributed by atoms with Crippen molar-refractivity contribution in [3.63, 3.8) is 0 Å². The van der Waals surface area contributed by atoms with Gasteiger partial charge in [0.25, 0.3) is 0 Å². The molecule has 0 aromatic heterocycles. The Morgan fingerprint density at radius 2 is 1.88 bits per heavy atom. The smallest absolute Gasteiger partial charge is 0.241 e. The van der Waals surface area contributed by atoms with Gasteiger partial charge in [0.05, 0.1) is 17.0 Å². The summed E-state index contributed by atoms with van der Waals surface area (Å²) in [6, 6.07) is 4.35. The van der Waals surface area contributed by atoms with Crippen molar-refractivity contribution >= 4 is 21.6 Å². The second kappa shape index (κ2) is 4.84. The van der Waals surface area contributed by atoms with Gasteiger partial charge in [-0.3, -0.25) is 0 Å². The number of ether oxygens (including phenoxy) is 1. The van der Waals surface area contributed by atoms with Crippen molar-refractivity contribution in [2.75, 3.05) is 7.11 Å². The molecule has 0 aliphatic carbocycles. The van der Waals surface area contributed by atoms with Gasteiger partial charge in [0, 0.05) is 5.54 Å². The van der Waals surface area contributed by atoms with Crippen LogP contribution in [0.4, 0.5) is 0 Å². The van der Waals surface area contributed by atoms with Crippen LogP contribution in [0.5, 0.6) is 5.75 Å². The number of nitrogens with one attached hydrogen (secondary N) is 1. The molecule has 17 heavy (non-hydrogen) atoms. The monoisotopic (exact) mass is 277 g/mol. The van der Waals surface area contributed by atoms with Crippen LogP contribution in [0.1, 0.15) is 20.8 Å². The fraction of sp³-hybridized carbons (Fsp3) is 0.455. The van der Waals surface area contributed by atoms with Crippen LogP contribution in [0.2, 0.25) is 5.02 Å². The molecule has 4 nitrogen and oxygen atoms in total. The quantitative estimate of drug-likeness (QED) is 0.923.